The van der Waals surface area contributed by atoms with Gasteiger partial charge in [0.2, 0.25) is 0 Å². The van der Waals surface area contributed by atoms with Gasteiger partial charge < -0.3 is 10.3 Å². The zero-order chi connectivity index (χ0) is 11.3. The molecule has 1 aromatic carbocycles. The Bertz CT molecular complexity index is 633. The minimum Gasteiger partial charge on any atom is -0.710 e. The van der Waals surface area contributed by atoms with Crippen molar-refractivity contribution in [3.8, 4) is 0 Å². The van der Waals surface area contributed by atoms with Crippen LogP contribution in [0.1, 0.15) is 18.3 Å². The Morgan fingerprint density at radius 3 is 3.00 bits per heavy atom. The van der Waals surface area contributed by atoms with Crippen LogP contribution in [0.2, 0.25) is 0 Å². The molecule has 1 aliphatic heterocycles. The van der Waals surface area contributed by atoms with Crippen LogP contribution in [0, 0.1) is 5.21 Å². The summed E-state index contributed by atoms with van der Waals surface area (Å²) in [7, 11) is 0. The predicted molar refractivity (Wildman–Crippen MR) is 56.7 cm³/mol. The van der Waals surface area contributed by atoms with Crippen LogP contribution < -0.4 is 10.3 Å². The van der Waals surface area contributed by atoms with Gasteiger partial charge in [0.25, 0.3) is 5.82 Å². The molecule has 0 spiro atoms. The molecule has 0 bridgehead atoms. The Morgan fingerprint density at radius 1 is 1.44 bits per heavy atom. The third-order valence-electron chi connectivity index (χ3n) is 3.01. The van der Waals surface area contributed by atoms with Crippen LogP contribution in [0.15, 0.2) is 29.1 Å². The molecule has 5 nitrogen and oxygen atoms in total. The maximum absolute atomic E-state index is 12.0. The lowest BCUT2D eigenvalue weighted by Gasteiger charge is -2.11. The smallest absolute Gasteiger partial charge is 0.345 e. The van der Waals surface area contributed by atoms with Crippen molar-refractivity contribution in [3.05, 3.63) is 45.7 Å². The average Bonchev–Trinajstić information content (AvgIpc) is 2.69. The summed E-state index contributed by atoms with van der Waals surface area (Å²) in [5.74, 6) is 0.156. The molecule has 2 heterocycles. The van der Waals surface area contributed by atoms with Crippen molar-refractivity contribution in [2.45, 2.75) is 19.1 Å². The topological polar surface area (TPSA) is 69.2 Å². The highest BCUT2D eigenvalue weighted by Crippen LogP contribution is 2.21. The van der Waals surface area contributed by atoms with E-state index in [9.17, 15) is 15.1 Å². The van der Waals surface area contributed by atoms with Crippen molar-refractivity contribution in [1.29, 1.82) is 0 Å². The first-order chi connectivity index (χ1) is 7.70. The number of para-hydroxylation sites is 1. The van der Waals surface area contributed by atoms with Crippen LogP contribution in [-0.4, -0.2) is 9.67 Å². The zero-order valence-corrected chi connectivity index (χ0v) is 8.46. The van der Waals surface area contributed by atoms with E-state index >= 15 is 0 Å². The SMILES string of the molecule is O=c1c2ccccc2[n+]([O-])c2n1CCC2O. The molecule has 0 radical (unpaired) electrons. The first kappa shape index (κ1) is 9.35. The van der Waals surface area contributed by atoms with Crippen molar-refractivity contribution >= 4 is 10.9 Å². The van der Waals surface area contributed by atoms with Crippen molar-refractivity contribution in [1.82, 2.24) is 4.57 Å². The third-order valence-corrected chi connectivity index (χ3v) is 3.01. The first-order valence-corrected chi connectivity index (χ1v) is 5.13. The van der Waals surface area contributed by atoms with Crippen LogP contribution in [0.5, 0.6) is 0 Å². The first-order valence-electron chi connectivity index (χ1n) is 5.13. The molecular formula is C11H10N2O3. The number of aliphatic hydroxyl groups is 1. The maximum Gasteiger partial charge on any atom is 0.345 e. The molecule has 1 unspecified atom stereocenters. The second kappa shape index (κ2) is 3.05. The van der Waals surface area contributed by atoms with Gasteiger partial charge >= 0.3 is 5.56 Å². The van der Waals surface area contributed by atoms with Crippen molar-refractivity contribution in [2.24, 2.45) is 0 Å². The molecule has 0 fully saturated rings. The van der Waals surface area contributed by atoms with Gasteiger partial charge in [-0.3, -0.25) is 0 Å². The van der Waals surface area contributed by atoms with Gasteiger partial charge in [-0.25, -0.2) is 9.52 Å². The lowest BCUT2D eigenvalue weighted by atomic mass is 10.2. The highest BCUT2D eigenvalue weighted by molar-refractivity contribution is 5.74. The third kappa shape index (κ3) is 1.03. The summed E-state index contributed by atoms with van der Waals surface area (Å²) in [6.45, 7) is 0.405. The van der Waals surface area contributed by atoms with Gasteiger partial charge in [0.1, 0.15) is 10.9 Å². The molecule has 2 aromatic rings. The van der Waals surface area contributed by atoms with Gasteiger partial charge in [0, 0.05) is 6.42 Å². The number of hydrogen-bond donors (Lipinski definition) is 1. The summed E-state index contributed by atoms with van der Waals surface area (Å²) in [6.07, 6.45) is -0.414. The summed E-state index contributed by atoms with van der Waals surface area (Å²) in [5.41, 5.74) is 0.119. The largest absolute Gasteiger partial charge is 0.710 e. The van der Waals surface area contributed by atoms with Gasteiger partial charge in [0.15, 0.2) is 6.10 Å². The number of benzene rings is 1. The van der Waals surface area contributed by atoms with E-state index in [1.165, 1.54) is 4.57 Å². The molecule has 82 valence electrons. The molecular weight excluding hydrogens is 208 g/mol. The fraction of sp³-hybridized carbons (Fsp3) is 0.273. The zero-order valence-electron chi connectivity index (χ0n) is 8.46. The van der Waals surface area contributed by atoms with Gasteiger partial charge in [-0.05, 0) is 12.1 Å². The molecule has 5 heteroatoms. The number of fused-ring (bicyclic) bond motifs is 2. The van der Waals surface area contributed by atoms with Gasteiger partial charge in [-0.15, -0.1) is 0 Å². The highest BCUT2D eigenvalue weighted by atomic mass is 16.5. The highest BCUT2D eigenvalue weighted by Gasteiger charge is 2.32. The van der Waals surface area contributed by atoms with Crippen LogP contribution in [0.3, 0.4) is 0 Å². The monoisotopic (exact) mass is 218 g/mol. The molecule has 1 aromatic heterocycles. The summed E-state index contributed by atoms with van der Waals surface area (Å²) in [6, 6.07) is 6.65. The lowest BCUT2D eigenvalue weighted by Crippen LogP contribution is -2.41. The predicted octanol–water partition coefficient (Wildman–Crippen LogP) is 0.0720. The number of hydrogen-bond acceptors (Lipinski definition) is 3. The van der Waals surface area contributed by atoms with E-state index in [0.717, 1.165) is 0 Å². The van der Waals surface area contributed by atoms with E-state index in [1.807, 2.05) is 0 Å². The Balaban J connectivity index is 2.54. The molecule has 0 saturated carbocycles. The Labute approximate surface area is 90.8 Å². The fourth-order valence-corrected chi connectivity index (χ4v) is 2.23. The van der Waals surface area contributed by atoms with Crippen molar-refractivity contribution in [3.63, 3.8) is 0 Å². The fourth-order valence-electron chi connectivity index (χ4n) is 2.23. The summed E-state index contributed by atoms with van der Waals surface area (Å²) in [4.78, 5) is 12.0. The van der Waals surface area contributed by atoms with Gasteiger partial charge in [0.05, 0.1) is 6.54 Å². The van der Waals surface area contributed by atoms with E-state index in [-0.39, 0.29) is 11.4 Å². The van der Waals surface area contributed by atoms with E-state index in [4.69, 9.17) is 0 Å². The van der Waals surface area contributed by atoms with Crippen LogP contribution in [0.4, 0.5) is 0 Å². The van der Waals surface area contributed by atoms with Crippen LogP contribution >= 0.6 is 0 Å². The van der Waals surface area contributed by atoms with Gasteiger partial charge in [-0.2, -0.15) is 4.57 Å². The molecule has 1 N–H and O–H groups in total. The minimum absolute atomic E-state index is 0.156. The second-order valence-electron chi connectivity index (χ2n) is 3.93. The summed E-state index contributed by atoms with van der Waals surface area (Å²) in [5, 5.41) is 22.0. The Hall–Kier alpha value is -1.88. The lowest BCUT2D eigenvalue weighted by molar-refractivity contribution is -0.595. The number of rotatable bonds is 0. The maximum atomic E-state index is 12.0. The number of aliphatic hydroxyl groups excluding tert-OH is 1. The normalized spacial score (nSPS) is 18.9. The molecule has 0 amide bonds. The van der Waals surface area contributed by atoms with Crippen molar-refractivity contribution in [2.75, 3.05) is 0 Å². The van der Waals surface area contributed by atoms with E-state index in [2.05, 4.69) is 0 Å². The standard InChI is InChI=1S/C11H10N2O3/c14-9-5-6-12-10(9)13(16)8-4-2-1-3-7(8)11(12)15/h1-4,9,14H,5-6H2. The summed E-state index contributed by atoms with van der Waals surface area (Å²) < 4.78 is 2.02. The Morgan fingerprint density at radius 2 is 2.19 bits per heavy atom. The van der Waals surface area contributed by atoms with Crippen LogP contribution in [-0.2, 0) is 6.54 Å². The summed E-state index contributed by atoms with van der Waals surface area (Å²) >= 11 is 0. The number of nitrogens with zero attached hydrogens (tertiary/aromatic N) is 2. The molecule has 1 aliphatic rings. The Kier molecular flexibility index (Phi) is 1.79. The number of aromatic nitrogens is 2. The average molecular weight is 218 g/mol. The second-order valence-corrected chi connectivity index (χ2v) is 3.93. The quantitative estimate of drug-likeness (QED) is 0.502. The molecule has 3 rings (SSSR count). The van der Waals surface area contributed by atoms with E-state index < -0.39 is 6.10 Å². The van der Waals surface area contributed by atoms with E-state index in [0.29, 0.717) is 28.6 Å². The molecule has 0 aliphatic carbocycles. The van der Waals surface area contributed by atoms with Gasteiger partial charge in [-0.1, -0.05) is 12.1 Å². The van der Waals surface area contributed by atoms with E-state index in [1.54, 1.807) is 24.3 Å². The molecule has 0 saturated heterocycles. The van der Waals surface area contributed by atoms with Crippen molar-refractivity contribution < 1.29 is 9.84 Å². The van der Waals surface area contributed by atoms with Crippen LogP contribution in [0.25, 0.3) is 10.9 Å². The minimum atomic E-state index is -0.838. The molecule has 1 atom stereocenters. The molecule has 16 heavy (non-hydrogen) atoms.